The molecular weight excluding hydrogens is 365 g/mol. The molecule has 3 rings (SSSR count). The van der Waals surface area contributed by atoms with Crippen LogP contribution in [0, 0.1) is 5.82 Å². The third-order valence-electron chi connectivity index (χ3n) is 3.23. The van der Waals surface area contributed by atoms with Gasteiger partial charge in [-0.3, -0.25) is 10.2 Å². The van der Waals surface area contributed by atoms with Gasteiger partial charge in [-0.2, -0.15) is 0 Å². The molecule has 1 aromatic heterocycles. The first-order valence-electron chi connectivity index (χ1n) is 7.21. The van der Waals surface area contributed by atoms with Crippen LogP contribution in [0.1, 0.15) is 0 Å². The van der Waals surface area contributed by atoms with Crippen LogP contribution < -0.4 is 15.0 Å². The minimum atomic E-state index is -0.357. The highest BCUT2D eigenvalue weighted by Gasteiger charge is 2.14. The van der Waals surface area contributed by atoms with Crippen molar-refractivity contribution in [2.45, 2.75) is 0 Å². The van der Waals surface area contributed by atoms with Crippen LogP contribution in [0.15, 0.2) is 54.7 Å². The third-order valence-corrected chi connectivity index (χ3v) is 4.26. The lowest BCUT2D eigenvalue weighted by atomic mass is 10.3. The topological polar surface area (TPSA) is 54.5 Å². The van der Waals surface area contributed by atoms with Crippen molar-refractivity contribution in [2.24, 2.45) is 0 Å². The zero-order valence-corrected chi connectivity index (χ0v) is 14.6. The molecule has 0 saturated heterocycles. The summed E-state index contributed by atoms with van der Waals surface area (Å²) in [6, 6.07) is 12.2. The van der Waals surface area contributed by atoms with E-state index in [-0.39, 0.29) is 11.8 Å². The SMILES string of the molecule is CN(C(=O)Nc1ncc(Oc2ccc(F)cc2)s1)c1cccc(Cl)c1. The molecular formula is C17H13ClFN3O2S. The van der Waals surface area contributed by atoms with Gasteiger partial charge in [0.15, 0.2) is 5.13 Å². The Labute approximate surface area is 152 Å². The first kappa shape index (κ1) is 17.2. The second-order valence-corrected chi connectivity index (χ2v) is 6.44. The van der Waals surface area contributed by atoms with E-state index in [2.05, 4.69) is 10.3 Å². The number of amides is 2. The number of ether oxygens (including phenoxy) is 1. The molecule has 3 aromatic rings. The van der Waals surface area contributed by atoms with Crippen LogP contribution in [0.5, 0.6) is 10.8 Å². The number of hydrogen-bond donors (Lipinski definition) is 1. The molecule has 25 heavy (non-hydrogen) atoms. The highest BCUT2D eigenvalue weighted by Crippen LogP contribution is 2.30. The Bertz CT molecular complexity index is 886. The van der Waals surface area contributed by atoms with Crippen molar-refractivity contribution in [1.82, 2.24) is 4.98 Å². The van der Waals surface area contributed by atoms with Crippen LogP contribution in [0.4, 0.5) is 20.0 Å². The molecule has 0 bridgehead atoms. The standard InChI is InChI=1S/C17H13ClFN3O2S/c1-22(13-4-2-3-11(18)9-13)17(23)21-16-20-10-15(25-16)24-14-7-5-12(19)6-8-14/h2-10H,1H3,(H,20,21,23). The zero-order valence-electron chi connectivity index (χ0n) is 13.1. The van der Waals surface area contributed by atoms with Gasteiger partial charge in [-0.1, -0.05) is 29.0 Å². The van der Waals surface area contributed by atoms with Crippen molar-refractivity contribution in [2.75, 3.05) is 17.3 Å². The highest BCUT2D eigenvalue weighted by molar-refractivity contribution is 7.17. The van der Waals surface area contributed by atoms with Crippen molar-refractivity contribution in [3.8, 4) is 10.8 Å². The second kappa shape index (κ2) is 7.50. The quantitative estimate of drug-likeness (QED) is 0.662. The summed E-state index contributed by atoms with van der Waals surface area (Å²) in [5.74, 6) is 0.146. The normalized spacial score (nSPS) is 10.4. The largest absolute Gasteiger partial charge is 0.445 e. The second-order valence-electron chi connectivity index (χ2n) is 5.01. The van der Waals surface area contributed by atoms with E-state index in [9.17, 15) is 9.18 Å². The van der Waals surface area contributed by atoms with Crippen LogP contribution in [-0.4, -0.2) is 18.1 Å². The lowest BCUT2D eigenvalue weighted by molar-refractivity contribution is 0.258. The van der Waals surface area contributed by atoms with Gasteiger partial charge >= 0.3 is 6.03 Å². The van der Waals surface area contributed by atoms with Gasteiger partial charge < -0.3 is 4.74 Å². The minimum absolute atomic E-state index is 0.339. The van der Waals surface area contributed by atoms with E-state index >= 15 is 0 Å². The number of carbonyl (C=O) groups is 1. The number of thiazole rings is 1. The van der Waals surface area contributed by atoms with Gasteiger partial charge in [-0.05, 0) is 42.5 Å². The number of nitrogens with one attached hydrogen (secondary N) is 1. The number of anilines is 2. The zero-order chi connectivity index (χ0) is 17.8. The first-order valence-corrected chi connectivity index (χ1v) is 8.40. The van der Waals surface area contributed by atoms with Gasteiger partial charge in [0.25, 0.3) is 0 Å². The van der Waals surface area contributed by atoms with Crippen molar-refractivity contribution >= 4 is 39.8 Å². The van der Waals surface area contributed by atoms with Crippen molar-refractivity contribution < 1.29 is 13.9 Å². The number of carbonyl (C=O) groups excluding carboxylic acids is 1. The number of aromatic nitrogens is 1. The van der Waals surface area contributed by atoms with Crippen LogP contribution in [0.3, 0.4) is 0 Å². The highest BCUT2D eigenvalue weighted by atomic mass is 35.5. The molecule has 128 valence electrons. The molecule has 2 aromatic carbocycles. The fraction of sp³-hybridized carbons (Fsp3) is 0.0588. The monoisotopic (exact) mass is 377 g/mol. The molecule has 8 heteroatoms. The van der Waals surface area contributed by atoms with E-state index in [1.807, 2.05) is 0 Å². The third kappa shape index (κ3) is 4.46. The molecule has 5 nitrogen and oxygen atoms in total. The summed E-state index contributed by atoms with van der Waals surface area (Å²) < 4.78 is 18.5. The van der Waals surface area contributed by atoms with Crippen molar-refractivity contribution in [3.05, 3.63) is 65.6 Å². The molecule has 0 aliphatic carbocycles. The number of nitrogens with zero attached hydrogens (tertiary/aromatic N) is 2. The Hall–Kier alpha value is -2.64. The van der Waals surface area contributed by atoms with E-state index in [1.165, 1.54) is 35.4 Å². The number of hydrogen-bond acceptors (Lipinski definition) is 4. The summed E-state index contributed by atoms with van der Waals surface area (Å²) in [7, 11) is 1.63. The smallest absolute Gasteiger partial charge is 0.327 e. The number of benzene rings is 2. The van der Waals surface area contributed by atoms with E-state index in [1.54, 1.807) is 31.3 Å². The number of rotatable bonds is 4. The molecule has 0 saturated carbocycles. The predicted octanol–water partition coefficient (Wildman–Crippen LogP) is 5.40. The maximum Gasteiger partial charge on any atom is 0.327 e. The maximum absolute atomic E-state index is 12.9. The summed E-state index contributed by atoms with van der Waals surface area (Å²) in [6.07, 6.45) is 1.49. The van der Waals surface area contributed by atoms with Crippen LogP contribution in [0.2, 0.25) is 5.02 Å². The fourth-order valence-corrected chi connectivity index (χ4v) is 2.82. The lowest BCUT2D eigenvalue weighted by Gasteiger charge is -2.17. The first-order chi connectivity index (χ1) is 12.0. The van der Waals surface area contributed by atoms with Crippen LogP contribution in [0.25, 0.3) is 0 Å². The van der Waals surface area contributed by atoms with E-state index in [0.717, 1.165) is 11.3 Å². The Morgan fingerprint density at radius 3 is 2.76 bits per heavy atom. The molecule has 0 radical (unpaired) electrons. The maximum atomic E-state index is 12.9. The molecule has 2 amide bonds. The molecule has 1 N–H and O–H groups in total. The lowest BCUT2D eigenvalue weighted by Crippen LogP contribution is -2.31. The van der Waals surface area contributed by atoms with E-state index < -0.39 is 0 Å². The summed E-state index contributed by atoms with van der Waals surface area (Å²) in [5.41, 5.74) is 0.657. The molecule has 0 atom stereocenters. The van der Waals surface area contributed by atoms with Gasteiger partial charge in [0.1, 0.15) is 11.6 Å². The molecule has 0 fully saturated rings. The van der Waals surface area contributed by atoms with Crippen LogP contribution >= 0.6 is 22.9 Å². The molecule has 0 spiro atoms. The summed E-state index contributed by atoms with van der Waals surface area (Å²) in [6.45, 7) is 0. The van der Waals surface area contributed by atoms with E-state index in [0.29, 0.717) is 26.7 Å². The Balaban J connectivity index is 1.64. The van der Waals surface area contributed by atoms with Gasteiger partial charge in [0.05, 0.1) is 6.20 Å². The molecule has 0 aliphatic rings. The van der Waals surface area contributed by atoms with Gasteiger partial charge in [-0.25, -0.2) is 14.2 Å². The molecule has 0 unspecified atom stereocenters. The van der Waals surface area contributed by atoms with Crippen LogP contribution in [-0.2, 0) is 0 Å². The number of urea groups is 1. The average molecular weight is 378 g/mol. The Morgan fingerprint density at radius 2 is 2.04 bits per heavy atom. The minimum Gasteiger partial charge on any atom is -0.445 e. The van der Waals surface area contributed by atoms with Gasteiger partial charge in [0, 0.05) is 17.8 Å². The summed E-state index contributed by atoms with van der Waals surface area (Å²) in [4.78, 5) is 17.8. The summed E-state index contributed by atoms with van der Waals surface area (Å²) in [5, 5.41) is 4.09. The summed E-state index contributed by atoms with van der Waals surface area (Å²) >= 11 is 7.10. The number of halogens is 2. The van der Waals surface area contributed by atoms with Crippen molar-refractivity contribution in [1.29, 1.82) is 0 Å². The Kier molecular flexibility index (Phi) is 5.16. The fourth-order valence-electron chi connectivity index (χ4n) is 1.96. The van der Waals surface area contributed by atoms with E-state index in [4.69, 9.17) is 16.3 Å². The predicted molar refractivity (Wildman–Crippen MR) is 97.5 cm³/mol. The van der Waals surface area contributed by atoms with Gasteiger partial charge in [0.2, 0.25) is 5.06 Å². The van der Waals surface area contributed by atoms with Gasteiger partial charge in [-0.15, -0.1) is 0 Å². The average Bonchev–Trinajstić information content (AvgIpc) is 3.03. The molecule has 0 aliphatic heterocycles. The Morgan fingerprint density at radius 1 is 1.28 bits per heavy atom. The molecule has 1 heterocycles. The van der Waals surface area contributed by atoms with Crippen molar-refractivity contribution in [3.63, 3.8) is 0 Å².